The summed E-state index contributed by atoms with van der Waals surface area (Å²) in [6.45, 7) is 5.59. The van der Waals surface area contributed by atoms with Crippen LogP contribution in [0.2, 0.25) is 0 Å². The van der Waals surface area contributed by atoms with Gasteiger partial charge >= 0.3 is 0 Å². The molecule has 0 spiro atoms. The summed E-state index contributed by atoms with van der Waals surface area (Å²) in [4.78, 5) is 2.35. The summed E-state index contributed by atoms with van der Waals surface area (Å²) in [5.41, 5.74) is 4.15. The quantitative estimate of drug-likeness (QED) is 0.656. The van der Waals surface area contributed by atoms with Gasteiger partial charge in [0.05, 0.1) is 40.7 Å². The minimum absolute atomic E-state index is 0.0401. The highest BCUT2D eigenvalue weighted by Gasteiger charge is 2.31. The molecule has 0 saturated carbocycles. The van der Waals surface area contributed by atoms with Crippen molar-refractivity contribution < 1.29 is 17.8 Å². The van der Waals surface area contributed by atoms with E-state index in [-0.39, 0.29) is 17.5 Å². The molecule has 28 heavy (non-hydrogen) atoms. The third-order valence-electron chi connectivity index (χ3n) is 5.31. The molecule has 150 valence electrons. The lowest BCUT2D eigenvalue weighted by molar-refractivity contribution is -0.908. The minimum Gasteiger partial charge on any atom is -0.355 e. The molecule has 1 N–H and O–H groups in total. The monoisotopic (exact) mass is 421 g/mol. The highest BCUT2D eigenvalue weighted by atomic mass is 32.2. The lowest BCUT2D eigenvalue weighted by Gasteiger charge is -2.14. The summed E-state index contributed by atoms with van der Waals surface area (Å²) in [5, 5.41) is 10.9. The first-order valence-electron chi connectivity index (χ1n) is 9.38. The number of nitrogens with zero attached hydrogens (tertiary/aromatic N) is 3. The number of hydrogen-bond donors (Lipinski definition) is 1. The first kappa shape index (κ1) is 19.4. The summed E-state index contributed by atoms with van der Waals surface area (Å²) in [5.74, 6) is 1.26. The SMILES string of the molecule is Cc1nn([C@@H]2CCS(=O)(=O)C2)c(C)c1C[NH+](C)Cc1cc(-c2cccs2)on1. The Morgan fingerprint density at radius 3 is 2.86 bits per heavy atom. The van der Waals surface area contributed by atoms with E-state index in [0.29, 0.717) is 6.42 Å². The molecule has 2 atom stereocenters. The molecule has 4 rings (SSSR count). The van der Waals surface area contributed by atoms with Gasteiger partial charge in [-0.1, -0.05) is 11.2 Å². The molecule has 4 heterocycles. The van der Waals surface area contributed by atoms with Crippen LogP contribution in [0.25, 0.3) is 10.6 Å². The first-order chi connectivity index (χ1) is 13.3. The summed E-state index contributed by atoms with van der Waals surface area (Å²) < 4.78 is 31.0. The summed E-state index contributed by atoms with van der Waals surface area (Å²) in [6, 6.07) is 5.98. The average Bonchev–Trinajstić information content (AvgIpc) is 3.39. The molecule has 9 heteroatoms. The number of thiophene rings is 1. The predicted octanol–water partition coefficient (Wildman–Crippen LogP) is 1.79. The van der Waals surface area contributed by atoms with E-state index in [1.807, 2.05) is 42.1 Å². The summed E-state index contributed by atoms with van der Waals surface area (Å²) in [7, 11) is -0.807. The van der Waals surface area contributed by atoms with Crippen LogP contribution in [0, 0.1) is 13.8 Å². The van der Waals surface area contributed by atoms with Crippen LogP contribution in [0.3, 0.4) is 0 Å². The molecule has 7 nitrogen and oxygen atoms in total. The van der Waals surface area contributed by atoms with Crippen LogP contribution in [0.1, 0.15) is 35.1 Å². The van der Waals surface area contributed by atoms with Gasteiger partial charge < -0.3 is 9.42 Å². The van der Waals surface area contributed by atoms with Crippen molar-refractivity contribution in [3.05, 3.63) is 46.2 Å². The zero-order chi connectivity index (χ0) is 19.9. The number of rotatable bonds is 6. The predicted molar refractivity (Wildman–Crippen MR) is 108 cm³/mol. The van der Waals surface area contributed by atoms with E-state index < -0.39 is 9.84 Å². The van der Waals surface area contributed by atoms with E-state index in [9.17, 15) is 8.42 Å². The maximum atomic E-state index is 11.8. The third-order valence-corrected chi connectivity index (χ3v) is 7.95. The molecule has 3 aromatic rings. The lowest BCUT2D eigenvalue weighted by Crippen LogP contribution is -3.06. The molecular weight excluding hydrogens is 396 g/mol. The van der Waals surface area contributed by atoms with Crippen molar-refractivity contribution in [1.82, 2.24) is 14.9 Å². The first-order valence-corrected chi connectivity index (χ1v) is 12.1. The van der Waals surface area contributed by atoms with Gasteiger partial charge in [0, 0.05) is 11.8 Å². The normalized spacial score (nSPS) is 19.9. The van der Waals surface area contributed by atoms with Gasteiger partial charge in [-0.3, -0.25) is 4.68 Å². The largest absolute Gasteiger partial charge is 0.355 e. The molecule has 0 amide bonds. The number of nitrogens with one attached hydrogen (secondary N) is 1. The second-order valence-corrected chi connectivity index (χ2v) is 10.8. The van der Waals surface area contributed by atoms with Crippen LogP contribution < -0.4 is 4.90 Å². The Balaban J connectivity index is 1.45. The zero-order valence-electron chi connectivity index (χ0n) is 16.3. The molecule has 0 aromatic carbocycles. The van der Waals surface area contributed by atoms with Crippen LogP contribution in [0.4, 0.5) is 0 Å². The van der Waals surface area contributed by atoms with E-state index in [4.69, 9.17) is 4.52 Å². The molecule has 1 aliphatic heterocycles. The van der Waals surface area contributed by atoms with Crippen molar-refractivity contribution >= 4 is 21.2 Å². The van der Waals surface area contributed by atoms with Crippen LogP contribution in [0.5, 0.6) is 0 Å². The number of aromatic nitrogens is 3. The van der Waals surface area contributed by atoms with E-state index in [0.717, 1.165) is 40.8 Å². The summed E-state index contributed by atoms with van der Waals surface area (Å²) in [6.07, 6.45) is 0.650. The summed E-state index contributed by atoms with van der Waals surface area (Å²) >= 11 is 1.63. The van der Waals surface area contributed by atoms with E-state index in [1.165, 1.54) is 10.5 Å². The van der Waals surface area contributed by atoms with E-state index in [2.05, 4.69) is 17.3 Å². The van der Waals surface area contributed by atoms with Gasteiger partial charge in [0.2, 0.25) is 0 Å². The van der Waals surface area contributed by atoms with Gasteiger partial charge in [-0.15, -0.1) is 11.3 Å². The molecular formula is C19H25N4O3S2+. The van der Waals surface area contributed by atoms with Crippen LogP contribution in [-0.2, 0) is 22.9 Å². The Hall–Kier alpha value is -1.97. The Labute approximate surface area is 168 Å². The number of aryl methyl sites for hydroxylation is 1. The van der Waals surface area contributed by atoms with Crippen molar-refractivity contribution in [1.29, 1.82) is 0 Å². The van der Waals surface area contributed by atoms with Crippen molar-refractivity contribution in [3.8, 4) is 10.6 Å². The topological polar surface area (TPSA) is 82.4 Å². The molecule has 0 bridgehead atoms. The Morgan fingerprint density at radius 1 is 1.36 bits per heavy atom. The van der Waals surface area contributed by atoms with Crippen molar-refractivity contribution in [3.63, 3.8) is 0 Å². The van der Waals surface area contributed by atoms with Gasteiger partial charge in [-0.25, -0.2) is 8.42 Å². The lowest BCUT2D eigenvalue weighted by atomic mass is 10.1. The average molecular weight is 422 g/mol. The fourth-order valence-electron chi connectivity index (χ4n) is 3.88. The molecule has 1 aliphatic rings. The van der Waals surface area contributed by atoms with Gasteiger partial charge in [0.25, 0.3) is 0 Å². The Morgan fingerprint density at radius 2 is 2.18 bits per heavy atom. The van der Waals surface area contributed by atoms with Crippen molar-refractivity contribution in [2.75, 3.05) is 18.6 Å². The molecule has 3 aromatic heterocycles. The van der Waals surface area contributed by atoms with Crippen LogP contribution in [-0.4, -0.2) is 41.9 Å². The number of hydrogen-bond acceptors (Lipinski definition) is 6. The zero-order valence-corrected chi connectivity index (χ0v) is 17.9. The molecule has 0 radical (unpaired) electrons. The van der Waals surface area contributed by atoms with Gasteiger partial charge in [0.15, 0.2) is 15.6 Å². The van der Waals surface area contributed by atoms with Gasteiger partial charge in [0.1, 0.15) is 18.8 Å². The molecule has 1 saturated heterocycles. The highest BCUT2D eigenvalue weighted by Crippen LogP contribution is 2.27. The molecule has 1 fully saturated rings. The third kappa shape index (κ3) is 3.92. The molecule has 0 aliphatic carbocycles. The fraction of sp³-hybridized carbons (Fsp3) is 0.474. The van der Waals surface area contributed by atoms with Crippen LogP contribution >= 0.6 is 11.3 Å². The van der Waals surface area contributed by atoms with Crippen LogP contribution in [0.15, 0.2) is 28.1 Å². The van der Waals surface area contributed by atoms with Gasteiger partial charge in [-0.05, 0) is 31.7 Å². The van der Waals surface area contributed by atoms with E-state index in [1.54, 1.807) is 11.3 Å². The highest BCUT2D eigenvalue weighted by molar-refractivity contribution is 7.91. The molecule has 1 unspecified atom stereocenters. The van der Waals surface area contributed by atoms with Gasteiger partial charge in [-0.2, -0.15) is 5.10 Å². The second-order valence-electron chi connectivity index (χ2n) is 7.62. The maximum absolute atomic E-state index is 11.8. The van der Waals surface area contributed by atoms with E-state index >= 15 is 0 Å². The number of quaternary nitrogens is 1. The minimum atomic E-state index is -2.93. The number of sulfone groups is 1. The fourth-order valence-corrected chi connectivity index (χ4v) is 6.25. The second kappa shape index (κ2) is 7.46. The standard InChI is InChI=1S/C19H24N4O3S2/c1-13-17(14(2)23(20-13)16-6-8-28(24,25)12-16)11-22(3)10-15-9-18(26-21-15)19-5-4-7-27-19/h4-5,7,9,16H,6,8,10-12H2,1-3H3/p+1/t16-/m1/s1. The Bertz CT molecular complexity index is 1070. The van der Waals surface area contributed by atoms with Crippen molar-refractivity contribution in [2.45, 2.75) is 39.4 Å². The van der Waals surface area contributed by atoms with Crippen molar-refractivity contribution in [2.24, 2.45) is 0 Å². The Kier molecular flexibility index (Phi) is 5.15. The smallest absolute Gasteiger partial charge is 0.177 e. The maximum Gasteiger partial charge on any atom is 0.177 e.